The Morgan fingerprint density at radius 1 is 0.444 bits per heavy atom. The van der Waals surface area contributed by atoms with Gasteiger partial charge in [-0.2, -0.15) is 0 Å². The zero-order valence-electron chi connectivity index (χ0n) is 9.27. The zero-order valence-corrected chi connectivity index (χ0v) is 9.27. The molecule has 0 spiro atoms. The van der Waals surface area contributed by atoms with Crippen LogP contribution in [0.3, 0.4) is 0 Å². The van der Waals surface area contributed by atoms with Gasteiger partial charge in [0, 0.05) is 5.39 Å². The molecule has 0 aliphatic heterocycles. The molecule has 0 heterocycles. The lowest BCUT2D eigenvalue weighted by molar-refractivity contribution is 0.414. The molecule has 0 saturated heterocycles. The van der Waals surface area contributed by atoms with Gasteiger partial charge in [-0.05, 0) is 25.0 Å². The smallest absolute Gasteiger partial charge is 0.198 e. The molecular formula is C12H6F6. The summed E-state index contributed by atoms with van der Waals surface area (Å²) in [7, 11) is 0. The third-order valence-corrected chi connectivity index (χ3v) is 2.95. The van der Waals surface area contributed by atoms with Crippen LogP contribution in [-0.4, -0.2) is 0 Å². The molecule has 0 aliphatic rings. The van der Waals surface area contributed by atoms with Crippen molar-refractivity contribution in [2.45, 2.75) is 13.8 Å². The van der Waals surface area contributed by atoms with Gasteiger partial charge in [-0.1, -0.05) is 0 Å². The Kier molecular flexibility index (Phi) is 2.76. The maximum atomic E-state index is 13.5. The third-order valence-electron chi connectivity index (χ3n) is 2.95. The van der Waals surface area contributed by atoms with Crippen molar-refractivity contribution in [3.63, 3.8) is 0 Å². The van der Waals surface area contributed by atoms with E-state index >= 15 is 0 Å². The Morgan fingerprint density at radius 2 is 0.833 bits per heavy atom. The van der Waals surface area contributed by atoms with Gasteiger partial charge < -0.3 is 0 Å². The molecule has 0 radical (unpaired) electrons. The van der Waals surface area contributed by atoms with Gasteiger partial charge in [-0.25, -0.2) is 26.3 Å². The second kappa shape index (κ2) is 3.90. The number of rotatable bonds is 0. The van der Waals surface area contributed by atoms with E-state index in [0.717, 1.165) is 6.92 Å². The third kappa shape index (κ3) is 1.41. The molecule has 2 aromatic rings. The minimum atomic E-state index is -2.17. The van der Waals surface area contributed by atoms with E-state index in [1.165, 1.54) is 6.92 Å². The molecule has 6 heteroatoms. The Labute approximate surface area is 97.8 Å². The molecule has 0 unspecified atom stereocenters. The standard InChI is InChI=1S/C12H6F6/c1-3-4(2)7(13)9(15)6-5(3)8(14)11(17)12(18)10(6)16/h1-2H3. The molecule has 0 saturated carbocycles. The van der Waals surface area contributed by atoms with Crippen molar-refractivity contribution in [3.8, 4) is 0 Å². The van der Waals surface area contributed by atoms with Gasteiger partial charge in [0.15, 0.2) is 34.9 Å². The molecule has 0 amide bonds. The van der Waals surface area contributed by atoms with Crippen LogP contribution in [0, 0.1) is 48.8 Å². The average molecular weight is 264 g/mol. The lowest BCUT2D eigenvalue weighted by atomic mass is 9.98. The van der Waals surface area contributed by atoms with Crippen LogP contribution >= 0.6 is 0 Å². The van der Waals surface area contributed by atoms with E-state index in [9.17, 15) is 26.3 Å². The van der Waals surface area contributed by atoms with Crippen molar-refractivity contribution in [1.29, 1.82) is 0 Å². The Morgan fingerprint density at radius 3 is 1.33 bits per heavy atom. The van der Waals surface area contributed by atoms with E-state index in [1.54, 1.807) is 0 Å². The summed E-state index contributed by atoms with van der Waals surface area (Å²) in [5.74, 6) is -11.0. The molecule has 0 nitrogen and oxygen atoms in total. The molecule has 2 aromatic carbocycles. The van der Waals surface area contributed by atoms with E-state index in [1.807, 2.05) is 0 Å². The number of hydrogen-bond acceptors (Lipinski definition) is 0. The van der Waals surface area contributed by atoms with Gasteiger partial charge in [-0.3, -0.25) is 0 Å². The van der Waals surface area contributed by atoms with Crippen LogP contribution in [0.2, 0.25) is 0 Å². The minimum absolute atomic E-state index is 0.181. The van der Waals surface area contributed by atoms with E-state index in [2.05, 4.69) is 0 Å². The van der Waals surface area contributed by atoms with Crippen LogP contribution in [0.4, 0.5) is 26.3 Å². The largest absolute Gasteiger partial charge is 0.203 e. The Hall–Kier alpha value is -1.72. The van der Waals surface area contributed by atoms with Gasteiger partial charge in [0.2, 0.25) is 0 Å². The summed E-state index contributed by atoms with van der Waals surface area (Å²) in [5.41, 5.74) is -0.469. The number of hydrogen-bond donors (Lipinski definition) is 0. The number of aryl methyl sites for hydroxylation is 1. The highest BCUT2D eigenvalue weighted by Crippen LogP contribution is 2.34. The van der Waals surface area contributed by atoms with Gasteiger partial charge >= 0.3 is 0 Å². The van der Waals surface area contributed by atoms with E-state index in [-0.39, 0.29) is 11.1 Å². The summed E-state index contributed by atoms with van der Waals surface area (Å²) >= 11 is 0. The van der Waals surface area contributed by atoms with Crippen molar-refractivity contribution in [2.75, 3.05) is 0 Å². The summed E-state index contributed by atoms with van der Waals surface area (Å²) in [6, 6.07) is 0. The topological polar surface area (TPSA) is 0 Å². The highest BCUT2D eigenvalue weighted by molar-refractivity contribution is 5.88. The fraction of sp³-hybridized carbons (Fsp3) is 0.167. The molecule has 0 aliphatic carbocycles. The number of benzene rings is 2. The van der Waals surface area contributed by atoms with Crippen molar-refractivity contribution in [3.05, 3.63) is 46.0 Å². The summed E-state index contributed by atoms with van der Waals surface area (Å²) in [6.07, 6.45) is 0. The minimum Gasteiger partial charge on any atom is -0.203 e. The van der Waals surface area contributed by atoms with E-state index in [0.29, 0.717) is 0 Å². The first-order chi connectivity index (χ1) is 8.29. The van der Waals surface area contributed by atoms with Crippen molar-refractivity contribution in [2.24, 2.45) is 0 Å². The second-order valence-electron chi connectivity index (χ2n) is 3.88. The first kappa shape index (κ1) is 12.7. The van der Waals surface area contributed by atoms with Gasteiger partial charge in [0.25, 0.3) is 0 Å². The predicted molar refractivity (Wildman–Crippen MR) is 53.2 cm³/mol. The fourth-order valence-corrected chi connectivity index (χ4v) is 1.82. The number of halogens is 6. The molecule has 2 rings (SSSR count). The van der Waals surface area contributed by atoms with Crippen molar-refractivity contribution < 1.29 is 26.3 Å². The monoisotopic (exact) mass is 264 g/mol. The Balaban J connectivity index is 3.22. The SMILES string of the molecule is Cc1c(F)c(F)c2c(F)c(F)c(F)c(F)c2c1C. The van der Waals surface area contributed by atoms with Crippen LogP contribution in [0.1, 0.15) is 11.1 Å². The first-order valence-corrected chi connectivity index (χ1v) is 4.88. The predicted octanol–water partition coefficient (Wildman–Crippen LogP) is 4.29. The lowest BCUT2D eigenvalue weighted by Gasteiger charge is -2.12. The summed E-state index contributed by atoms with van der Waals surface area (Å²) in [4.78, 5) is 0. The molecular weight excluding hydrogens is 258 g/mol. The van der Waals surface area contributed by atoms with E-state index < -0.39 is 45.7 Å². The summed E-state index contributed by atoms with van der Waals surface area (Å²) in [6.45, 7) is 2.30. The van der Waals surface area contributed by atoms with Crippen LogP contribution in [0.15, 0.2) is 0 Å². The summed E-state index contributed by atoms with van der Waals surface area (Å²) in [5, 5.41) is -2.00. The fourth-order valence-electron chi connectivity index (χ4n) is 1.82. The lowest BCUT2D eigenvalue weighted by Crippen LogP contribution is -2.05. The van der Waals surface area contributed by atoms with E-state index in [4.69, 9.17) is 0 Å². The molecule has 0 fully saturated rings. The molecule has 96 valence electrons. The molecule has 0 N–H and O–H groups in total. The molecule has 18 heavy (non-hydrogen) atoms. The highest BCUT2D eigenvalue weighted by Gasteiger charge is 2.27. The van der Waals surface area contributed by atoms with Gasteiger partial charge in [0.05, 0.1) is 5.39 Å². The maximum Gasteiger partial charge on any atom is 0.198 e. The van der Waals surface area contributed by atoms with Crippen molar-refractivity contribution >= 4 is 10.8 Å². The maximum absolute atomic E-state index is 13.5. The first-order valence-electron chi connectivity index (χ1n) is 4.88. The normalized spacial score (nSPS) is 11.3. The van der Waals surface area contributed by atoms with Crippen LogP contribution in [-0.2, 0) is 0 Å². The molecule has 0 atom stereocenters. The second-order valence-corrected chi connectivity index (χ2v) is 3.88. The average Bonchev–Trinajstić information content (AvgIpc) is 2.35. The van der Waals surface area contributed by atoms with Gasteiger partial charge in [-0.15, -0.1) is 0 Å². The number of fused-ring (bicyclic) bond motifs is 1. The highest BCUT2D eigenvalue weighted by atomic mass is 19.2. The van der Waals surface area contributed by atoms with Crippen LogP contribution < -0.4 is 0 Å². The zero-order chi connectivity index (χ0) is 13.8. The molecule has 0 bridgehead atoms. The summed E-state index contributed by atoms with van der Waals surface area (Å²) < 4.78 is 79.9. The molecule has 0 aromatic heterocycles. The van der Waals surface area contributed by atoms with Gasteiger partial charge in [0.1, 0.15) is 0 Å². The van der Waals surface area contributed by atoms with Crippen LogP contribution in [0.25, 0.3) is 10.8 Å². The quantitative estimate of drug-likeness (QED) is 0.378. The van der Waals surface area contributed by atoms with Crippen LogP contribution in [0.5, 0.6) is 0 Å². The Bertz CT molecular complexity index is 562. The van der Waals surface area contributed by atoms with Crippen molar-refractivity contribution in [1.82, 2.24) is 0 Å².